The van der Waals surface area contributed by atoms with Crippen LogP contribution in [0.3, 0.4) is 0 Å². The maximum Gasteiger partial charge on any atom is 0.255 e. The van der Waals surface area contributed by atoms with Gasteiger partial charge in [-0.05, 0) is 17.7 Å². The van der Waals surface area contributed by atoms with Crippen molar-refractivity contribution in [3.05, 3.63) is 45.1 Å². The van der Waals surface area contributed by atoms with Crippen molar-refractivity contribution in [3.63, 3.8) is 0 Å². The standard InChI is InChI=1S/C19H25N3O4/c1-19(2,3)18-20-13-5-6-22(10-12(13)17(25)21-18)9-11-7-14(23)16(24)15(8-11)26-4/h7-8,23-24H,5-6,9-10H2,1-4H3,(H,20,21,25). The van der Waals surface area contributed by atoms with E-state index in [4.69, 9.17) is 4.74 Å². The quantitative estimate of drug-likeness (QED) is 0.726. The van der Waals surface area contributed by atoms with E-state index in [1.165, 1.54) is 13.2 Å². The van der Waals surface area contributed by atoms with Gasteiger partial charge in [-0.1, -0.05) is 20.8 Å². The van der Waals surface area contributed by atoms with Gasteiger partial charge in [-0.3, -0.25) is 9.69 Å². The van der Waals surface area contributed by atoms with Crippen LogP contribution >= 0.6 is 0 Å². The minimum atomic E-state index is -0.268. The maximum absolute atomic E-state index is 12.5. The lowest BCUT2D eigenvalue weighted by atomic mass is 9.95. The zero-order valence-electron chi connectivity index (χ0n) is 15.6. The van der Waals surface area contributed by atoms with Crippen molar-refractivity contribution < 1.29 is 14.9 Å². The summed E-state index contributed by atoms with van der Waals surface area (Å²) in [6.07, 6.45) is 0.698. The van der Waals surface area contributed by atoms with Gasteiger partial charge in [0.25, 0.3) is 5.56 Å². The first-order valence-corrected chi connectivity index (χ1v) is 8.62. The molecule has 3 N–H and O–H groups in total. The van der Waals surface area contributed by atoms with Gasteiger partial charge < -0.3 is 19.9 Å². The summed E-state index contributed by atoms with van der Waals surface area (Å²) in [6.45, 7) is 7.86. The lowest BCUT2D eigenvalue weighted by molar-refractivity contribution is 0.240. The summed E-state index contributed by atoms with van der Waals surface area (Å²) >= 11 is 0. The number of ether oxygens (including phenoxy) is 1. The van der Waals surface area contributed by atoms with Crippen LogP contribution in [-0.4, -0.2) is 38.7 Å². The molecule has 0 saturated carbocycles. The van der Waals surface area contributed by atoms with Crippen LogP contribution < -0.4 is 10.3 Å². The smallest absolute Gasteiger partial charge is 0.255 e. The number of phenols is 2. The summed E-state index contributed by atoms with van der Waals surface area (Å²) in [5.41, 5.74) is 2.07. The molecule has 1 aliphatic heterocycles. The topological polar surface area (TPSA) is 98.7 Å². The molecule has 26 heavy (non-hydrogen) atoms. The molecule has 0 bridgehead atoms. The molecule has 0 spiro atoms. The monoisotopic (exact) mass is 359 g/mol. The average Bonchev–Trinajstić information content (AvgIpc) is 2.57. The fraction of sp³-hybridized carbons (Fsp3) is 0.474. The van der Waals surface area contributed by atoms with E-state index in [9.17, 15) is 15.0 Å². The van der Waals surface area contributed by atoms with Gasteiger partial charge in [-0.2, -0.15) is 0 Å². The molecule has 2 heterocycles. The first-order valence-electron chi connectivity index (χ1n) is 8.62. The number of aromatic hydroxyl groups is 2. The molecule has 1 aliphatic rings. The number of rotatable bonds is 3. The number of nitrogens with one attached hydrogen (secondary N) is 1. The minimum Gasteiger partial charge on any atom is -0.504 e. The molecule has 7 heteroatoms. The third-order valence-electron chi connectivity index (χ3n) is 4.60. The SMILES string of the molecule is COc1cc(CN2CCc3nc(C(C)(C)C)[nH]c(=O)c3C2)cc(O)c1O. The van der Waals surface area contributed by atoms with E-state index in [1.807, 2.05) is 20.8 Å². The van der Waals surface area contributed by atoms with Crippen LogP contribution in [0.1, 0.15) is 43.4 Å². The lowest BCUT2D eigenvalue weighted by Crippen LogP contribution is -2.37. The van der Waals surface area contributed by atoms with Crippen LogP contribution in [0, 0.1) is 0 Å². The highest BCUT2D eigenvalue weighted by atomic mass is 16.5. The zero-order chi connectivity index (χ0) is 19.1. The molecule has 0 saturated heterocycles. The molecule has 0 aliphatic carbocycles. The van der Waals surface area contributed by atoms with E-state index in [0.29, 0.717) is 30.9 Å². The Labute approximate surface area is 152 Å². The Bertz CT molecular complexity index is 884. The lowest BCUT2D eigenvalue weighted by Gasteiger charge is -2.29. The van der Waals surface area contributed by atoms with E-state index in [-0.39, 0.29) is 28.2 Å². The van der Waals surface area contributed by atoms with E-state index in [1.54, 1.807) is 6.07 Å². The van der Waals surface area contributed by atoms with Gasteiger partial charge in [-0.15, -0.1) is 0 Å². The Hall–Kier alpha value is -2.54. The number of fused-ring (bicyclic) bond motifs is 1. The second-order valence-electron chi connectivity index (χ2n) is 7.72. The van der Waals surface area contributed by atoms with Crippen LogP contribution in [0.4, 0.5) is 0 Å². The summed E-state index contributed by atoms with van der Waals surface area (Å²) in [5, 5.41) is 19.6. The summed E-state index contributed by atoms with van der Waals surface area (Å²) in [6, 6.07) is 3.20. The Kier molecular flexibility index (Phi) is 4.66. The predicted octanol–water partition coefficient (Wildman–Crippen LogP) is 2.05. The van der Waals surface area contributed by atoms with Crippen LogP contribution in [0.15, 0.2) is 16.9 Å². The summed E-state index contributed by atoms with van der Waals surface area (Å²) in [7, 11) is 1.44. The Balaban J connectivity index is 1.83. The molecule has 0 atom stereocenters. The molecule has 3 rings (SSSR count). The first-order chi connectivity index (χ1) is 12.2. The van der Waals surface area contributed by atoms with Crippen molar-refractivity contribution in [1.82, 2.24) is 14.9 Å². The fourth-order valence-corrected chi connectivity index (χ4v) is 3.12. The van der Waals surface area contributed by atoms with Crippen LogP contribution in [0.2, 0.25) is 0 Å². The average molecular weight is 359 g/mol. The van der Waals surface area contributed by atoms with Crippen LogP contribution in [0.5, 0.6) is 17.2 Å². The normalized spacial score (nSPS) is 14.9. The highest BCUT2D eigenvalue weighted by Gasteiger charge is 2.25. The number of hydrogen-bond donors (Lipinski definition) is 3. The molecular formula is C19H25N3O4. The first kappa shape index (κ1) is 18.3. The number of aromatic amines is 1. The van der Waals surface area contributed by atoms with Gasteiger partial charge >= 0.3 is 0 Å². The van der Waals surface area contributed by atoms with Gasteiger partial charge in [0, 0.05) is 31.5 Å². The Morgan fingerprint density at radius 2 is 2.04 bits per heavy atom. The second-order valence-corrected chi connectivity index (χ2v) is 7.72. The van der Waals surface area contributed by atoms with Gasteiger partial charge in [0.2, 0.25) is 5.75 Å². The van der Waals surface area contributed by atoms with Gasteiger partial charge in [0.15, 0.2) is 11.5 Å². The van der Waals surface area contributed by atoms with Crippen molar-refractivity contribution in [2.24, 2.45) is 0 Å². The second kappa shape index (κ2) is 6.64. The van der Waals surface area contributed by atoms with Crippen molar-refractivity contribution in [2.45, 2.75) is 45.7 Å². The zero-order valence-corrected chi connectivity index (χ0v) is 15.6. The van der Waals surface area contributed by atoms with Gasteiger partial charge in [-0.25, -0.2) is 4.98 Å². The number of phenolic OH excluding ortho intramolecular Hbond substituents is 2. The maximum atomic E-state index is 12.5. The van der Waals surface area contributed by atoms with Crippen molar-refractivity contribution >= 4 is 0 Å². The number of hydrogen-bond acceptors (Lipinski definition) is 6. The summed E-state index contributed by atoms with van der Waals surface area (Å²) < 4.78 is 5.08. The molecule has 140 valence electrons. The largest absolute Gasteiger partial charge is 0.504 e. The Morgan fingerprint density at radius 3 is 2.69 bits per heavy atom. The molecule has 1 aromatic carbocycles. The molecule has 7 nitrogen and oxygen atoms in total. The minimum absolute atomic E-state index is 0.0873. The fourth-order valence-electron chi connectivity index (χ4n) is 3.12. The van der Waals surface area contributed by atoms with Crippen molar-refractivity contribution in [2.75, 3.05) is 13.7 Å². The van der Waals surface area contributed by atoms with E-state index in [0.717, 1.165) is 17.8 Å². The third kappa shape index (κ3) is 3.53. The summed E-state index contributed by atoms with van der Waals surface area (Å²) in [4.78, 5) is 22.2. The van der Waals surface area contributed by atoms with E-state index in [2.05, 4.69) is 14.9 Å². The summed E-state index contributed by atoms with van der Waals surface area (Å²) in [5.74, 6) is 0.455. The molecule has 0 radical (unpaired) electrons. The molecule has 1 aromatic heterocycles. The van der Waals surface area contributed by atoms with E-state index >= 15 is 0 Å². The number of methoxy groups -OCH3 is 1. The van der Waals surface area contributed by atoms with Gasteiger partial charge in [0.1, 0.15) is 5.82 Å². The number of nitrogens with zero attached hydrogens (tertiary/aromatic N) is 2. The highest BCUT2D eigenvalue weighted by Crippen LogP contribution is 2.36. The molecule has 0 fully saturated rings. The van der Waals surface area contributed by atoms with Crippen LogP contribution in [-0.2, 0) is 24.9 Å². The molecular weight excluding hydrogens is 334 g/mol. The molecule has 2 aromatic rings. The van der Waals surface area contributed by atoms with E-state index < -0.39 is 0 Å². The number of aromatic nitrogens is 2. The molecule has 0 unspecified atom stereocenters. The van der Waals surface area contributed by atoms with Crippen molar-refractivity contribution in [1.29, 1.82) is 0 Å². The number of benzene rings is 1. The molecule has 0 amide bonds. The third-order valence-corrected chi connectivity index (χ3v) is 4.60. The number of H-pyrrole nitrogens is 1. The predicted molar refractivity (Wildman–Crippen MR) is 97.7 cm³/mol. The highest BCUT2D eigenvalue weighted by molar-refractivity contribution is 5.51. The Morgan fingerprint density at radius 1 is 1.31 bits per heavy atom. The van der Waals surface area contributed by atoms with Crippen molar-refractivity contribution in [3.8, 4) is 17.2 Å². The van der Waals surface area contributed by atoms with Crippen LogP contribution in [0.25, 0.3) is 0 Å². The van der Waals surface area contributed by atoms with Gasteiger partial charge in [0.05, 0.1) is 18.4 Å².